The number of hydrogen-bond donors (Lipinski definition) is 3. The minimum atomic E-state index is -0.845. The summed E-state index contributed by atoms with van der Waals surface area (Å²) < 4.78 is 5.37. The van der Waals surface area contributed by atoms with Crippen LogP contribution in [0.2, 0.25) is 0 Å². The molecule has 0 saturated carbocycles. The average molecular weight is 260 g/mol. The number of carbonyl (C=O) groups excluding carboxylic acids is 1. The van der Waals surface area contributed by atoms with Gasteiger partial charge in [-0.15, -0.1) is 0 Å². The number of ether oxygens (including phenoxy) is 1. The molecular weight excluding hydrogens is 236 g/mol. The number of nitrogens with one attached hydrogen (secondary N) is 2. The van der Waals surface area contributed by atoms with Crippen molar-refractivity contribution in [2.24, 2.45) is 0 Å². The van der Waals surface area contributed by atoms with Crippen molar-refractivity contribution >= 4 is 12.0 Å². The summed E-state index contributed by atoms with van der Waals surface area (Å²) in [5.74, 6) is -0.845. The second-order valence-corrected chi connectivity index (χ2v) is 4.31. The van der Waals surface area contributed by atoms with Gasteiger partial charge in [-0.3, -0.25) is 4.79 Å². The summed E-state index contributed by atoms with van der Waals surface area (Å²) >= 11 is 0. The van der Waals surface area contributed by atoms with Gasteiger partial charge in [0.1, 0.15) is 0 Å². The third kappa shape index (κ3) is 12.8. The van der Waals surface area contributed by atoms with Crippen LogP contribution in [-0.4, -0.2) is 42.9 Å². The first-order chi connectivity index (χ1) is 8.52. The number of carbonyl (C=O) groups is 2. The molecule has 0 aliphatic rings. The van der Waals surface area contributed by atoms with E-state index in [2.05, 4.69) is 10.6 Å². The predicted octanol–water partition coefficient (Wildman–Crippen LogP) is 1.36. The molecule has 0 bridgehead atoms. The molecule has 106 valence electrons. The van der Waals surface area contributed by atoms with E-state index in [1.165, 1.54) is 0 Å². The summed E-state index contributed by atoms with van der Waals surface area (Å²) in [6, 6.07) is -0.245. The standard InChI is InChI=1S/C12H24N2O4/c1-10(2)18-9-4-3-7-13-12(17)14-8-5-6-11(15)16/h10H,3-9H2,1-2H3,(H,15,16)(H2,13,14,17). The second kappa shape index (κ2) is 10.8. The molecule has 0 saturated heterocycles. The number of carboxylic acids is 1. The quantitative estimate of drug-likeness (QED) is 0.517. The number of carboxylic acid groups (broad SMARTS) is 1. The van der Waals surface area contributed by atoms with Gasteiger partial charge in [0.25, 0.3) is 0 Å². The highest BCUT2D eigenvalue weighted by Crippen LogP contribution is 1.93. The van der Waals surface area contributed by atoms with E-state index in [9.17, 15) is 9.59 Å². The summed E-state index contributed by atoms with van der Waals surface area (Å²) in [5, 5.41) is 13.7. The van der Waals surface area contributed by atoms with E-state index < -0.39 is 5.97 Å². The molecule has 18 heavy (non-hydrogen) atoms. The zero-order valence-electron chi connectivity index (χ0n) is 11.2. The van der Waals surface area contributed by atoms with Crippen molar-refractivity contribution in [3.8, 4) is 0 Å². The Morgan fingerprint density at radius 3 is 2.28 bits per heavy atom. The summed E-state index contributed by atoms with van der Waals surface area (Å²) in [6.45, 7) is 5.67. The first-order valence-corrected chi connectivity index (χ1v) is 6.37. The van der Waals surface area contributed by atoms with E-state index in [-0.39, 0.29) is 18.6 Å². The Labute approximate surface area is 108 Å². The molecule has 0 aromatic heterocycles. The topological polar surface area (TPSA) is 87.7 Å². The summed E-state index contributed by atoms with van der Waals surface area (Å²) in [5.41, 5.74) is 0. The molecule has 0 aromatic rings. The molecular formula is C12H24N2O4. The lowest BCUT2D eigenvalue weighted by molar-refractivity contribution is -0.137. The molecule has 0 radical (unpaired) electrons. The zero-order valence-corrected chi connectivity index (χ0v) is 11.2. The molecule has 0 unspecified atom stereocenters. The molecule has 6 nitrogen and oxygen atoms in total. The molecule has 2 amide bonds. The molecule has 0 fully saturated rings. The molecule has 0 rings (SSSR count). The highest BCUT2D eigenvalue weighted by Gasteiger charge is 2.00. The molecule has 0 heterocycles. The highest BCUT2D eigenvalue weighted by molar-refractivity contribution is 5.73. The summed E-state index contributed by atoms with van der Waals surface area (Å²) in [4.78, 5) is 21.5. The monoisotopic (exact) mass is 260 g/mol. The average Bonchev–Trinajstić information content (AvgIpc) is 2.28. The first kappa shape index (κ1) is 16.7. The fourth-order valence-electron chi connectivity index (χ4n) is 1.25. The van der Waals surface area contributed by atoms with Crippen LogP contribution in [0.25, 0.3) is 0 Å². The van der Waals surface area contributed by atoms with Gasteiger partial charge in [0.2, 0.25) is 0 Å². The molecule has 6 heteroatoms. The Hall–Kier alpha value is -1.30. The van der Waals surface area contributed by atoms with E-state index in [1.807, 2.05) is 13.8 Å². The van der Waals surface area contributed by atoms with E-state index >= 15 is 0 Å². The van der Waals surface area contributed by atoms with Crippen LogP contribution >= 0.6 is 0 Å². The Morgan fingerprint density at radius 2 is 1.72 bits per heavy atom. The van der Waals surface area contributed by atoms with Gasteiger partial charge in [-0.25, -0.2) is 4.79 Å². The predicted molar refractivity (Wildman–Crippen MR) is 68.6 cm³/mol. The number of urea groups is 1. The smallest absolute Gasteiger partial charge is 0.314 e. The summed E-state index contributed by atoms with van der Waals surface area (Å²) in [6.07, 6.45) is 2.56. The van der Waals surface area contributed by atoms with Gasteiger partial charge in [0, 0.05) is 26.1 Å². The molecule has 3 N–H and O–H groups in total. The Bertz CT molecular complexity index is 244. The van der Waals surface area contributed by atoms with E-state index in [0.717, 1.165) is 12.8 Å². The Balaban J connectivity index is 3.24. The van der Waals surface area contributed by atoms with E-state index in [0.29, 0.717) is 26.1 Å². The van der Waals surface area contributed by atoms with Crippen LogP contribution in [0.1, 0.15) is 39.5 Å². The van der Waals surface area contributed by atoms with Gasteiger partial charge < -0.3 is 20.5 Å². The van der Waals surface area contributed by atoms with Crippen molar-refractivity contribution in [1.82, 2.24) is 10.6 Å². The second-order valence-electron chi connectivity index (χ2n) is 4.31. The molecule has 0 aromatic carbocycles. The number of hydrogen-bond acceptors (Lipinski definition) is 3. The van der Waals surface area contributed by atoms with Crippen LogP contribution in [0.4, 0.5) is 4.79 Å². The minimum Gasteiger partial charge on any atom is -0.481 e. The maximum absolute atomic E-state index is 11.2. The van der Waals surface area contributed by atoms with Crippen molar-refractivity contribution in [2.75, 3.05) is 19.7 Å². The number of amides is 2. The maximum Gasteiger partial charge on any atom is 0.314 e. The van der Waals surface area contributed by atoms with Crippen molar-refractivity contribution in [1.29, 1.82) is 0 Å². The lowest BCUT2D eigenvalue weighted by atomic mass is 10.3. The van der Waals surface area contributed by atoms with Gasteiger partial charge in [-0.05, 0) is 33.1 Å². The van der Waals surface area contributed by atoms with Crippen molar-refractivity contribution in [3.05, 3.63) is 0 Å². The fraction of sp³-hybridized carbons (Fsp3) is 0.833. The number of unbranched alkanes of at least 4 members (excludes halogenated alkanes) is 1. The largest absolute Gasteiger partial charge is 0.481 e. The molecule has 0 atom stereocenters. The lowest BCUT2D eigenvalue weighted by Crippen LogP contribution is -2.36. The van der Waals surface area contributed by atoms with Crippen molar-refractivity contribution in [2.45, 2.75) is 45.6 Å². The third-order valence-electron chi connectivity index (χ3n) is 2.16. The van der Waals surface area contributed by atoms with E-state index in [4.69, 9.17) is 9.84 Å². The SMILES string of the molecule is CC(C)OCCCCNC(=O)NCCCC(=O)O. The fourth-order valence-corrected chi connectivity index (χ4v) is 1.25. The molecule has 0 spiro atoms. The first-order valence-electron chi connectivity index (χ1n) is 6.37. The highest BCUT2D eigenvalue weighted by atomic mass is 16.5. The third-order valence-corrected chi connectivity index (χ3v) is 2.16. The molecule has 0 aliphatic carbocycles. The van der Waals surface area contributed by atoms with Crippen LogP contribution in [-0.2, 0) is 9.53 Å². The van der Waals surface area contributed by atoms with Crippen molar-refractivity contribution in [3.63, 3.8) is 0 Å². The van der Waals surface area contributed by atoms with Crippen LogP contribution in [0.5, 0.6) is 0 Å². The maximum atomic E-state index is 11.2. The van der Waals surface area contributed by atoms with Crippen LogP contribution < -0.4 is 10.6 Å². The van der Waals surface area contributed by atoms with E-state index in [1.54, 1.807) is 0 Å². The van der Waals surface area contributed by atoms with Crippen LogP contribution in [0.3, 0.4) is 0 Å². The van der Waals surface area contributed by atoms with Gasteiger partial charge >= 0.3 is 12.0 Å². The van der Waals surface area contributed by atoms with Gasteiger partial charge in [0.05, 0.1) is 6.10 Å². The Morgan fingerprint density at radius 1 is 1.11 bits per heavy atom. The summed E-state index contributed by atoms with van der Waals surface area (Å²) in [7, 11) is 0. The minimum absolute atomic E-state index is 0.0762. The number of rotatable bonds is 10. The zero-order chi connectivity index (χ0) is 13.8. The van der Waals surface area contributed by atoms with Gasteiger partial charge in [-0.1, -0.05) is 0 Å². The normalized spacial score (nSPS) is 10.4. The van der Waals surface area contributed by atoms with Crippen molar-refractivity contribution < 1.29 is 19.4 Å². The van der Waals surface area contributed by atoms with Crippen LogP contribution in [0, 0.1) is 0 Å². The van der Waals surface area contributed by atoms with Gasteiger partial charge in [-0.2, -0.15) is 0 Å². The number of aliphatic carboxylic acids is 1. The molecule has 0 aliphatic heterocycles. The Kier molecular flexibility index (Phi) is 10.0. The van der Waals surface area contributed by atoms with Gasteiger partial charge in [0.15, 0.2) is 0 Å². The lowest BCUT2D eigenvalue weighted by Gasteiger charge is -2.08. The van der Waals surface area contributed by atoms with Crippen LogP contribution in [0.15, 0.2) is 0 Å².